The Morgan fingerprint density at radius 1 is 1.45 bits per heavy atom. The highest BCUT2D eigenvalue weighted by Gasteiger charge is 2.06. The minimum atomic E-state index is 0.364. The first kappa shape index (κ1) is 6.61. The number of halogens is 1. The van der Waals surface area contributed by atoms with E-state index < -0.39 is 0 Å². The van der Waals surface area contributed by atoms with E-state index in [0.29, 0.717) is 10.7 Å². The standard InChI is InChI=1S/C7H5ClN2O/c1-4-2-9-7(8)6-5(4)10-3-11-6/h2-3H,1H3. The molecule has 0 saturated heterocycles. The van der Waals surface area contributed by atoms with Gasteiger partial charge in [-0.2, -0.15) is 0 Å². The zero-order valence-electron chi connectivity index (χ0n) is 5.84. The number of rotatable bonds is 0. The fourth-order valence-corrected chi connectivity index (χ4v) is 1.13. The number of hydrogen-bond acceptors (Lipinski definition) is 3. The van der Waals surface area contributed by atoms with Crippen molar-refractivity contribution in [3.8, 4) is 0 Å². The molecule has 2 aromatic heterocycles. The highest BCUT2D eigenvalue weighted by molar-refractivity contribution is 6.33. The Balaban J connectivity index is 2.96. The SMILES string of the molecule is Cc1cnc(Cl)c2ocnc12. The molecular weight excluding hydrogens is 164 g/mol. The van der Waals surface area contributed by atoms with Gasteiger partial charge in [-0.25, -0.2) is 9.97 Å². The predicted molar refractivity (Wildman–Crippen MR) is 41.6 cm³/mol. The lowest BCUT2D eigenvalue weighted by atomic mass is 10.3. The molecule has 2 heterocycles. The lowest BCUT2D eigenvalue weighted by molar-refractivity contribution is 0.601. The van der Waals surface area contributed by atoms with Crippen molar-refractivity contribution in [3.63, 3.8) is 0 Å². The Kier molecular flexibility index (Phi) is 1.32. The molecule has 0 spiro atoms. The van der Waals surface area contributed by atoms with Crippen molar-refractivity contribution in [1.29, 1.82) is 0 Å². The van der Waals surface area contributed by atoms with Crippen LogP contribution in [0.5, 0.6) is 0 Å². The van der Waals surface area contributed by atoms with Crippen molar-refractivity contribution in [2.75, 3.05) is 0 Å². The third kappa shape index (κ3) is 0.886. The van der Waals surface area contributed by atoms with Gasteiger partial charge in [-0.05, 0) is 12.5 Å². The Bertz CT molecular complexity index is 360. The second kappa shape index (κ2) is 2.20. The van der Waals surface area contributed by atoms with Crippen LogP contribution in [0.3, 0.4) is 0 Å². The summed E-state index contributed by atoms with van der Waals surface area (Å²) in [5.41, 5.74) is 2.31. The monoisotopic (exact) mass is 168 g/mol. The van der Waals surface area contributed by atoms with Crippen LogP contribution in [0, 0.1) is 6.92 Å². The molecule has 0 atom stereocenters. The number of pyridine rings is 1. The first-order valence-electron chi connectivity index (χ1n) is 3.13. The summed E-state index contributed by atoms with van der Waals surface area (Å²) in [7, 11) is 0. The average molecular weight is 169 g/mol. The number of fused-ring (bicyclic) bond motifs is 1. The van der Waals surface area contributed by atoms with Crippen molar-refractivity contribution in [2.45, 2.75) is 6.92 Å². The Morgan fingerprint density at radius 3 is 3.00 bits per heavy atom. The minimum absolute atomic E-state index is 0.364. The Labute approximate surface area is 68.0 Å². The maximum absolute atomic E-state index is 5.73. The maximum atomic E-state index is 5.73. The van der Waals surface area contributed by atoms with E-state index in [1.807, 2.05) is 6.92 Å². The van der Waals surface area contributed by atoms with Crippen LogP contribution < -0.4 is 0 Å². The summed E-state index contributed by atoms with van der Waals surface area (Å²) in [6.07, 6.45) is 3.04. The summed E-state index contributed by atoms with van der Waals surface area (Å²) in [6, 6.07) is 0. The Hall–Kier alpha value is -1.09. The molecular formula is C7H5ClN2O. The van der Waals surface area contributed by atoms with Crippen molar-refractivity contribution < 1.29 is 4.42 Å². The summed E-state index contributed by atoms with van der Waals surface area (Å²) in [5.74, 6) is 0. The van der Waals surface area contributed by atoms with Crippen molar-refractivity contribution in [1.82, 2.24) is 9.97 Å². The van der Waals surface area contributed by atoms with Crippen LogP contribution in [0.2, 0.25) is 5.15 Å². The van der Waals surface area contributed by atoms with Gasteiger partial charge in [0.15, 0.2) is 17.1 Å². The van der Waals surface area contributed by atoms with E-state index in [2.05, 4.69) is 9.97 Å². The van der Waals surface area contributed by atoms with Crippen LogP contribution in [0.4, 0.5) is 0 Å². The highest BCUT2D eigenvalue weighted by atomic mass is 35.5. The van der Waals surface area contributed by atoms with Crippen LogP contribution in [-0.2, 0) is 0 Å². The quantitative estimate of drug-likeness (QED) is 0.566. The molecule has 0 aliphatic heterocycles. The fraction of sp³-hybridized carbons (Fsp3) is 0.143. The normalized spacial score (nSPS) is 10.7. The number of aryl methyl sites for hydroxylation is 1. The van der Waals surface area contributed by atoms with E-state index >= 15 is 0 Å². The van der Waals surface area contributed by atoms with Gasteiger partial charge in [-0.1, -0.05) is 11.6 Å². The molecule has 0 bridgehead atoms. The van der Waals surface area contributed by atoms with E-state index in [9.17, 15) is 0 Å². The molecule has 0 aromatic carbocycles. The van der Waals surface area contributed by atoms with E-state index in [0.717, 1.165) is 11.1 Å². The molecule has 0 N–H and O–H groups in total. The van der Waals surface area contributed by atoms with E-state index in [-0.39, 0.29) is 0 Å². The lowest BCUT2D eigenvalue weighted by Crippen LogP contribution is -1.80. The van der Waals surface area contributed by atoms with Crippen LogP contribution in [-0.4, -0.2) is 9.97 Å². The summed E-state index contributed by atoms with van der Waals surface area (Å²) in [6.45, 7) is 1.91. The molecule has 3 nitrogen and oxygen atoms in total. The number of aromatic nitrogens is 2. The lowest BCUT2D eigenvalue weighted by Gasteiger charge is -1.92. The molecule has 0 saturated carbocycles. The van der Waals surface area contributed by atoms with Crippen LogP contribution in [0.1, 0.15) is 5.56 Å². The van der Waals surface area contributed by atoms with Gasteiger partial charge in [0.25, 0.3) is 0 Å². The highest BCUT2D eigenvalue weighted by Crippen LogP contribution is 2.21. The van der Waals surface area contributed by atoms with Crippen molar-refractivity contribution in [3.05, 3.63) is 23.3 Å². The molecule has 0 amide bonds. The molecule has 0 unspecified atom stereocenters. The molecule has 0 radical (unpaired) electrons. The molecule has 2 aromatic rings. The third-order valence-electron chi connectivity index (χ3n) is 1.50. The van der Waals surface area contributed by atoms with Gasteiger partial charge in [-0.3, -0.25) is 0 Å². The van der Waals surface area contributed by atoms with Crippen molar-refractivity contribution in [2.24, 2.45) is 0 Å². The van der Waals surface area contributed by atoms with Crippen LogP contribution in [0.15, 0.2) is 17.0 Å². The number of hydrogen-bond donors (Lipinski definition) is 0. The smallest absolute Gasteiger partial charge is 0.192 e. The van der Waals surface area contributed by atoms with Gasteiger partial charge in [0.2, 0.25) is 0 Å². The summed E-state index contributed by atoms with van der Waals surface area (Å²) < 4.78 is 5.02. The average Bonchev–Trinajstić information content (AvgIpc) is 2.45. The largest absolute Gasteiger partial charge is 0.440 e. The summed E-state index contributed by atoms with van der Waals surface area (Å²) in [4.78, 5) is 7.90. The van der Waals surface area contributed by atoms with Gasteiger partial charge in [-0.15, -0.1) is 0 Å². The van der Waals surface area contributed by atoms with Crippen LogP contribution >= 0.6 is 11.6 Å². The van der Waals surface area contributed by atoms with E-state index in [4.69, 9.17) is 16.0 Å². The summed E-state index contributed by atoms with van der Waals surface area (Å²) >= 11 is 5.73. The van der Waals surface area contributed by atoms with Gasteiger partial charge >= 0.3 is 0 Å². The second-order valence-electron chi connectivity index (χ2n) is 2.26. The Morgan fingerprint density at radius 2 is 2.27 bits per heavy atom. The molecule has 11 heavy (non-hydrogen) atoms. The maximum Gasteiger partial charge on any atom is 0.192 e. The van der Waals surface area contributed by atoms with Crippen LogP contribution in [0.25, 0.3) is 11.1 Å². The first-order valence-corrected chi connectivity index (χ1v) is 3.51. The fourth-order valence-electron chi connectivity index (χ4n) is 0.947. The van der Waals surface area contributed by atoms with Gasteiger partial charge in [0, 0.05) is 6.20 Å². The molecule has 2 rings (SSSR count). The predicted octanol–water partition coefficient (Wildman–Crippen LogP) is 2.18. The molecule has 0 fully saturated rings. The molecule has 56 valence electrons. The number of nitrogens with zero attached hydrogens (tertiary/aromatic N) is 2. The van der Waals surface area contributed by atoms with Gasteiger partial charge in [0.05, 0.1) is 0 Å². The number of oxazole rings is 1. The van der Waals surface area contributed by atoms with E-state index in [1.54, 1.807) is 6.20 Å². The molecule has 4 heteroatoms. The third-order valence-corrected chi connectivity index (χ3v) is 1.77. The first-order chi connectivity index (χ1) is 5.29. The zero-order valence-corrected chi connectivity index (χ0v) is 6.59. The van der Waals surface area contributed by atoms with E-state index in [1.165, 1.54) is 6.39 Å². The summed E-state index contributed by atoms with van der Waals surface area (Å²) in [5, 5.41) is 0.364. The van der Waals surface area contributed by atoms with Gasteiger partial charge in [0.1, 0.15) is 5.52 Å². The van der Waals surface area contributed by atoms with Gasteiger partial charge < -0.3 is 4.42 Å². The molecule has 0 aliphatic carbocycles. The molecule has 0 aliphatic rings. The zero-order chi connectivity index (χ0) is 7.84. The second-order valence-corrected chi connectivity index (χ2v) is 2.62. The topological polar surface area (TPSA) is 38.9 Å². The minimum Gasteiger partial charge on any atom is -0.440 e. The van der Waals surface area contributed by atoms with Crippen molar-refractivity contribution >= 4 is 22.7 Å².